The zero-order chi connectivity index (χ0) is 62.1. The number of hydrogen-bond donors (Lipinski definition) is 0. The van der Waals surface area contributed by atoms with E-state index >= 15 is 0 Å². The molecule has 19 rings (SSSR count). The van der Waals surface area contributed by atoms with E-state index in [1.54, 1.807) is 0 Å². The molecule has 0 fully saturated rings. The normalized spacial score (nSPS) is 11.6. The van der Waals surface area contributed by atoms with Crippen LogP contribution in [0, 0.1) is 0 Å². The molecule has 8 nitrogen and oxygen atoms in total. The highest BCUT2D eigenvalue weighted by molar-refractivity contribution is 7.26. The molecule has 0 spiro atoms. The van der Waals surface area contributed by atoms with E-state index in [1.807, 2.05) is 144 Å². The zero-order valence-corrected chi connectivity index (χ0v) is 52.0. The van der Waals surface area contributed by atoms with Gasteiger partial charge in [-0.3, -0.25) is 4.57 Å². The number of aromatic nitrogens is 8. The van der Waals surface area contributed by atoms with Crippen molar-refractivity contribution in [2.24, 2.45) is 0 Å². The van der Waals surface area contributed by atoms with E-state index < -0.39 is 0 Å². The van der Waals surface area contributed by atoms with Crippen LogP contribution in [-0.2, 0) is 0 Å². The minimum absolute atomic E-state index is 0.598. The quantitative estimate of drug-likeness (QED) is 0.143. The second-order valence-corrected chi connectivity index (χ2v) is 25.4. The van der Waals surface area contributed by atoms with E-state index in [-0.39, 0.29) is 0 Å². The number of thiophene rings is 2. The van der Waals surface area contributed by atoms with Crippen LogP contribution in [0.4, 0.5) is 0 Å². The summed E-state index contributed by atoms with van der Waals surface area (Å²) in [5, 5.41) is 10.0. The monoisotopic (exact) mass is 1240 g/mol. The van der Waals surface area contributed by atoms with Crippen molar-refractivity contribution in [3.63, 3.8) is 0 Å². The number of rotatable bonds is 9. The molecule has 0 saturated heterocycles. The standard InChI is InChI=1S/C45H28N4S.C39H24N4S/c1-3-12-29(13-4-1)43-46-44(30-14-5-2-6-15-30)48-45(47-43)31-22-25-33(26-23-31)49-39-20-9-7-16-35(39)36-27-24-32(28-40(36)49)34-18-11-19-38-37-17-8-10-21-41(37)50-42(34)38;1-3-12-25(13-4-1)37-40-38(26-14-5-2-6-15-26)42-39(41-37)43-33-20-9-7-16-29(33)30-23-22-27(24-34(30)43)28-18-11-19-32-31-17-8-10-21-35(31)44-36(28)32/h1-28H;1-24H. The van der Waals surface area contributed by atoms with Crippen molar-refractivity contribution >= 4 is 107 Å². The number of nitrogens with zero attached hydrogens (tertiary/aromatic N) is 8. The Kier molecular flexibility index (Phi) is 13.4. The van der Waals surface area contributed by atoms with Crippen LogP contribution >= 0.6 is 22.7 Å². The molecule has 10 heteroatoms. The fraction of sp³-hybridized carbons (Fsp3) is 0. The van der Waals surface area contributed by atoms with Crippen molar-refractivity contribution in [1.82, 2.24) is 39.0 Å². The van der Waals surface area contributed by atoms with E-state index in [4.69, 9.17) is 29.9 Å². The van der Waals surface area contributed by atoms with Crippen LogP contribution in [-0.4, -0.2) is 39.0 Å². The molecule has 13 aromatic carbocycles. The van der Waals surface area contributed by atoms with Crippen LogP contribution in [0.5, 0.6) is 0 Å². The van der Waals surface area contributed by atoms with Gasteiger partial charge in [0, 0.05) is 95.4 Å². The van der Waals surface area contributed by atoms with Crippen LogP contribution < -0.4 is 0 Å². The molecule has 19 aromatic rings. The summed E-state index contributed by atoms with van der Waals surface area (Å²) in [5.41, 5.74) is 15.2. The lowest BCUT2D eigenvalue weighted by atomic mass is 10.0. The summed E-state index contributed by atoms with van der Waals surface area (Å²) in [4.78, 5) is 29.9. The third-order valence-electron chi connectivity index (χ3n) is 17.7. The lowest BCUT2D eigenvalue weighted by molar-refractivity contribution is 0.953. The summed E-state index contributed by atoms with van der Waals surface area (Å²) in [6.45, 7) is 0. The fourth-order valence-electron chi connectivity index (χ4n) is 13.3. The van der Waals surface area contributed by atoms with Gasteiger partial charge in [-0.1, -0.05) is 255 Å². The zero-order valence-electron chi connectivity index (χ0n) is 50.4. The molecule has 0 N–H and O–H groups in total. The number of para-hydroxylation sites is 2. The van der Waals surface area contributed by atoms with Gasteiger partial charge < -0.3 is 4.57 Å². The van der Waals surface area contributed by atoms with E-state index in [0.717, 1.165) is 55.3 Å². The van der Waals surface area contributed by atoms with Crippen LogP contribution in [0.1, 0.15) is 0 Å². The maximum Gasteiger partial charge on any atom is 0.238 e. The molecule has 0 aliphatic heterocycles. The van der Waals surface area contributed by atoms with Gasteiger partial charge in [-0.15, -0.1) is 22.7 Å². The summed E-state index contributed by atoms with van der Waals surface area (Å²) >= 11 is 3.72. The Balaban J connectivity index is 0.000000139. The molecule has 94 heavy (non-hydrogen) atoms. The highest BCUT2D eigenvalue weighted by atomic mass is 32.1. The largest absolute Gasteiger partial charge is 0.309 e. The maximum atomic E-state index is 5.10. The summed E-state index contributed by atoms with van der Waals surface area (Å²) in [5.74, 6) is 3.84. The van der Waals surface area contributed by atoms with Crippen molar-refractivity contribution in [2.45, 2.75) is 0 Å². The number of fused-ring (bicyclic) bond motifs is 12. The average Bonchev–Trinajstić information content (AvgIpc) is 1.59. The van der Waals surface area contributed by atoms with Crippen molar-refractivity contribution in [1.29, 1.82) is 0 Å². The van der Waals surface area contributed by atoms with E-state index in [1.165, 1.54) is 84.4 Å². The molecule has 0 radical (unpaired) electrons. The second kappa shape index (κ2) is 23.0. The minimum atomic E-state index is 0.598. The van der Waals surface area contributed by atoms with E-state index in [2.05, 4.69) is 203 Å². The fourth-order valence-corrected chi connectivity index (χ4v) is 15.8. The summed E-state index contributed by atoms with van der Waals surface area (Å²) in [6, 6.07) is 111. The predicted molar refractivity (Wildman–Crippen MR) is 392 cm³/mol. The molecule has 0 aliphatic carbocycles. The van der Waals surface area contributed by atoms with Gasteiger partial charge in [0.2, 0.25) is 5.95 Å². The van der Waals surface area contributed by atoms with Gasteiger partial charge in [-0.05, 0) is 82.9 Å². The maximum absolute atomic E-state index is 5.10. The first-order valence-electron chi connectivity index (χ1n) is 31.3. The van der Waals surface area contributed by atoms with Gasteiger partial charge in [-0.25, -0.2) is 19.9 Å². The molecule has 6 aromatic heterocycles. The molecule has 0 saturated carbocycles. The number of hydrogen-bond acceptors (Lipinski definition) is 8. The van der Waals surface area contributed by atoms with Gasteiger partial charge >= 0.3 is 0 Å². The highest BCUT2D eigenvalue weighted by Crippen LogP contribution is 2.44. The molecular weight excluding hydrogens is 1190 g/mol. The summed E-state index contributed by atoms with van der Waals surface area (Å²) in [6.07, 6.45) is 0. The van der Waals surface area contributed by atoms with E-state index in [9.17, 15) is 0 Å². The Morgan fingerprint density at radius 1 is 0.213 bits per heavy atom. The third kappa shape index (κ3) is 9.58. The molecular formula is C84H52N8S2. The third-order valence-corrected chi connectivity index (χ3v) is 20.2. The minimum Gasteiger partial charge on any atom is -0.309 e. The van der Waals surface area contributed by atoms with Crippen LogP contribution in [0.25, 0.3) is 175 Å². The first-order chi connectivity index (χ1) is 46.6. The van der Waals surface area contributed by atoms with Gasteiger partial charge in [-0.2, -0.15) is 9.97 Å². The molecule has 440 valence electrons. The van der Waals surface area contributed by atoms with Crippen LogP contribution in [0.2, 0.25) is 0 Å². The molecule has 0 unspecified atom stereocenters. The van der Waals surface area contributed by atoms with E-state index in [0.29, 0.717) is 35.1 Å². The smallest absolute Gasteiger partial charge is 0.238 e. The van der Waals surface area contributed by atoms with Gasteiger partial charge in [0.15, 0.2) is 29.1 Å². The molecule has 0 amide bonds. The molecule has 0 aliphatic rings. The Hall–Kier alpha value is -12.1. The van der Waals surface area contributed by atoms with Crippen molar-refractivity contribution in [2.75, 3.05) is 0 Å². The Morgan fingerprint density at radius 3 is 0.968 bits per heavy atom. The highest BCUT2D eigenvalue weighted by Gasteiger charge is 2.22. The lowest BCUT2D eigenvalue weighted by Crippen LogP contribution is -2.06. The van der Waals surface area contributed by atoms with Crippen molar-refractivity contribution < 1.29 is 0 Å². The summed E-state index contributed by atoms with van der Waals surface area (Å²) < 4.78 is 9.81. The summed E-state index contributed by atoms with van der Waals surface area (Å²) in [7, 11) is 0. The SMILES string of the molecule is c1ccc(-c2nc(-c3ccccc3)nc(-c3ccc(-n4c5ccccc5c5ccc(-c6cccc7c6sc6ccccc67)cc54)cc3)n2)cc1.c1ccc(-c2nc(-c3ccccc3)nc(-n3c4ccccc4c4ccc(-c5cccc6c5sc5ccccc56)cc43)n2)cc1. The van der Waals surface area contributed by atoms with Crippen molar-refractivity contribution in [3.8, 4) is 90.8 Å². The first-order valence-corrected chi connectivity index (χ1v) is 33.0. The average molecular weight is 1240 g/mol. The molecule has 0 atom stereocenters. The van der Waals surface area contributed by atoms with Crippen LogP contribution in [0.15, 0.2) is 315 Å². The first kappa shape index (κ1) is 54.8. The van der Waals surface area contributed by atoms with Gasteiger partial charge in [0.25, 0.3) is 0 Å². The molecule has 0 bridgehead atoms. The molecule has 6 heterocycles. The second-order valence-electron chi connectivity index (χ2n) is 23.3. The van der Waals surface area contributed by atoms with Crippen LogP contribution in [0.3, 0.4) is 0 Å². The predicted octanol–water partition coefficient (Wildman–Crippen LogP) is 22.3. The Labute approximate surface area is 548 Å². The topological polar surface area (TPSA) is 87.2 Å². The van der Waals surface area contributed by atoms with Crippen molar-refractivity contribution in [3.05, 3.63) is 315 Å². The Morgan fingerprint density at radius 2 is 0.532 bits per heavy atom. The van der Waals surface area contributed by atoms with Gasteiger partial charge in [0.1, 0.15) is 0 Å². The number of benzene rings is 13. The van der Waals surface area contributed by atoms with Gasteiger partial charge in [0.05, 0.1) is 22.1 Å². The lowest BCUT2D eigenvalue weighted by Gasteiger charge is -2.11. The Bertz CT molecular complexity index is 5980.